The lowest BCUT2D eigenvalue weighted by Crippen LogP contribution is -2.31. The van der Waals surface area contributed by atoms with Crippen LogP contribution in [0.3, 0.4) is 0 Å². The zero-order valence-corrected chi connectivity index (χ0v) is 12.5. The molecule has 1 aliphatic rings. The smallest absolute Gasteiger partial charge is 0.0576 e. The summed E-state index contributed by atoms with van der Waals surface area (Å²) in [7, 11) is 0. The molecular weight excluding hydrogens is 222 g/mol. The fourth-order valence-corrected chi connectivity index (χ4v) is 2.73. The maximum Gasteiger partial charge on any atom is 0.0576 e. The molecule has 1 aliphatic heterocycles. The van der Waals surface area contributed by atoms with Crippen LogP contribution in [0, 0.1) is 0 Å². The Labute approximate surface area is 114 Å². The van der Waals surface area contributed by atoms with Crippen LogP contribution < -0.4 is 5.32 Å². The summed E-state index contributed by atoms with van der Waals surface area (Å²) in [5, 5.41) is 3.75. The number of hydrogen-bond donors (Lipinski definition) is 1. The summed E-state index contributed by atoms with van der Waals surface area (Å²) in [4.78, 5) is 0. The standard InChI is InChI=1S/C16H33NO/c1-3-5-7-9-15(17-13-6-4-2)11-12-16-10-8-14-18-16/h15-17H,3-14H2,1-2H3. The second kappa shape index (κ2) is 10.8. The summed E-state index contributed by atoms with van der Waals surface area (Å²) < 4.78 is 5.73. The van der Waals surface area contributed by atoms with Crippen molar-refractivity contribution < 1.29 is 4.74 Å². The molecule has 0 amide bonds. The van der Waals surface area contributed by atoms with E-state index in [1.54, 1.807) is 0 Å². The average molecular weight is 255 g/mol. The minimum Gasteiger partial charge on any atom is -0.378 e. The Morgan fingerprint density at radius 1 is 1.11 bits per heavy atom. The van der Waals surface area contributed by atoms with E-state index >= 15 is 0 Å². The quantitative estimate of drug-likeness (QED) is 0.556. The van der Waals surface area contributed by atoms with E-state index in [0.29, 0.717) is 6.10 Å². The van der Waals surface area contributed by atoms with E-state index < -0.39 is 0 Å². The van der Waals surface area contributed by atoms with E-state index in [1.807, 2.05) is 0 Å². The van der Waals surface area contributed by atoms with Crippen molar-refractivity contribution in [2.45, 2.75) is 90.2 Å². The normalized spacial score (nSPS) is 21.3. The Morgan fingerprint density at radius 2 is 1.94 bits per heavy atom. The van der Waals surface area contributed by atoms with Gasteiger partial charge in [-0.3, -0.25) is 0 Å². The Morgan fingerprint density at radius 3 is 2.61 bits per heavy atom. The molecule has 2 atom stereocenters. The summed E-state index contributed by atoms with van der Waals surface area (Å²) in [6.07, 6.45) is 13.7. The van der Waals surface area contributed by atoms with E-state index in [2.05, 4.69) is 19.2 Å². The third-order valence-electron chi connectivity index (χ3n) is 3.98. The Hall–Kier alpha value is -0.0800. The highest BCUT2D eigenvalue weighted by Gasteiger charge is 2.17. The van der Waals surface area contributed by atoms with Gasteiger partial charge in [0.25, 0.3) is 0 Å². The third kappa shape index (κ3) is 7.38. The molecule has 0 aromatic heterocycles. The van der Waals surface area contributed by atoms with Gasteiger partial charge in [-0.2, -0.15) is 0 Å². The van der Waals surface area contributed by atoms with E-state index in [4.69, 9.17) is 4.74 Å². The Bertz CT molecular complexity index is 168. The Kier molecular flexibility index (Phi) is 9.59. The van der Waals surface area contributed by atoms with Crippen molar-refractivity contribution in [3.05, 3.63) is 0 Å². The lowest BCUT2D eigenvalue weighted by atomic mass is 10.0. The zero-order chi connectivity index (χ0) is 13.1. The fourth-order valence-electron chi connectivity index (χ4n) is 2.73. The maximum atomic E-state index is 5.73. The highest BCUT2D eigenvalue weighted by Crippen LogP contribution is 2.19. The van der Waals surface area contributed by atoms with Gasteiger partial charge in [0.2, 0.25) is 0 Å². The molecule has 0 radical (unpaired) electrons. The van der Waals surface area contributed by atoms with Gasteiger partial charge < -0.3 is 10.1 Å². The van der Waals surface area contributed by atoms with Gasteiger partial charge in [0.1, 0.15) is 0 Å². The first kappa shape index (κ1) is 16.0. The first-order valence-corrected chi connectivity index (χ1v) is 8.21. The predicted molar refractivity (Wildman–Crippen MR) is 79.0 cm³/mol. The van der Waals surface area contributed by atoms with Crippen molar-refractivity contribution >= 4 is 0 Å². The summed E-state index contributed by atoms with van der Waals surface area (Å²) in [6.45, 7) is 6.74. The van der Waals surface area contributed by atoms with Gasteiger partial charge in [-0.1, -0.05) is 39.5 Å². The lowest BCUT2D eigenvalue weighted by molar-refractivity contribution is 0.0991. The second-order valence-electron chi connectivity index (χ2n) is 5.71. The lowest BCUT2D eigenvalue weighted by Gasteiger charge is -2.20. The molecular formula is C16H33NO. The molecule has 2 heteroatoms. The van der Waals surface area contributed by atoms with Crippen molar-refractivity contribution in [3.63, 3.8) is 0 Å². The highest BCUT2D eigenvalue weighted by atomic mass is 16.5. The van der Waals surface area contributed by atoms with Crippen LogP contribution in [-0.2, 0) is 4.74 Å². The molecule has 2 unspecified atom stereocenters. The van der Waals surface area contributed by atoms with Crippen LogP contribution in [0.4, 0.5) is 0 Å². The van der Waals surface area contributed by atoms with Crippen LogP contribution in [0.1, 0.15) is 78.1 Å². The van der Waals surface area contributed by atoms with Crippen LogP contribution in [0.2, 0.25) is 0 Å². The van der Waals surface area contributed by atoms with Crippen molar-refractivity contribution in [2.24, 2.45) is 0 Å². The molecule has 1 heterocycles. The number of nitrogens with one attached hydrogen (secondary N) is 1. The first-order chi connectivity index (χ1) is 8.86. The molecule has 2 nitrogen and oxygen atoms in total. The SMILES string of the molecule is CCCCCC(CCC1CCCO1)NCCCC. The van der Waals surface area contributed by atoms with E-state index in [9.17, 15) is 0 Å². The summed E-state index contributed by atoms with van der Waals surface area (Å²) in [6, 6.07) is 0.729. The molecule has 1 saturated heterocycles. The van der Waals surface area contributed by atoms with Crippen molar-refractivity contribution in [1.82, 2.24) is 5.32 Å². The minimum atomic E-state index is 0.562. The van der Waals surface area contributed by atoms with E-state index in [-0.39, 0.29) is 0 Å². The molecule has 1 fully saturated rings. The summed E-state index contributed by atoms with van der Waals surface area (Å²) in [5.41, 5.74) is 0. The molecule has 1 rings (SSSR count). The molecule has 0 bridgehead atoms. The van der Waals surface area contributed by atoms with Crippen LogP contribution in [0.25, 0.3) is 0 Å². The van der Waals surface area contributed by atoms with Gasteiger partial charge in [-0.15, -0.1) is 0 Å². The van der Waals surface area contributed by atoms with Crippen molar-refractivity contribution in [3.8, 4) is 0 Å². The topological polar surface area (TPSA) is 21.3 Å². The van der Waals surface area contributed by atoms with Crippen molar-refractivity contribution in [1.29, 1.82) is 0 Å². The van der Waals surface area contributed by atoms with Gasteiger partial charge in [0.15, 0.2) is 0 Å². The molecule has 0 aromatic carbocycles. The number of ether oxygens (including phenoxy) is 1. The van der Waals surface area contributed by atoms with Crippen molar-refractivity contribution in [2.75, 3.05) is 13.2 Å². The fraction of sp³-hybridized carbons (Fsp3) is 1.00. The predicted octanol–water partition coefficient (Wildman–Crippen LogP) is 4.28. The van der Waals surface area contributed by atoms with E-state index in [0.717, 1.165) is 12.6 Å². The molecule has 0 saturated carbocycles. The van der Waals surface area contributed by atoms with Gasteiger partial charge in [-0.25, -0.2) is 0 Å². The minimum absolute atomic E-state index is 0.562. The van der Waals surface area contributed by atoms with Crippen LogP contribution in [-0.4, -0.2) is 25.3 Å². The van der Waals surface area contributed by atoms with Crippen LogP contribution in [0.15, 0.2) is 0 Å². The Balaban J connectivity index is 2.14. The zero-order valence-electron chi connectivity index (χ0n) is 12.5. The van der Waals surface area contributed by atoms with Gasteiger partial charge >= 0.3 is 0 Å². The second-order valence-corrected chi connectivity index (χ2v) is 5.71. The molecule has 1 N–H and O–H groups in total. The maximum absolute atomic E-state index is 5.73. The molecule has 0 aromatic rings. The number of rotatable bonds is 11. The largest absolute Gasteiger partial charge is 0.378 e. The summed E-state index contributed by atoms with van der Waals surface area (Å²) in [5.74, 6) is 0. The highest BCUT2D eigenvalue weighted by molar-refractivity contribution is 4.72. The molecule has 0 aliphatic carbocycles. The molecule has 108 valence electrons. The number of unbranched alkanes of at least 4 members (excludes halogenated alkanes) is 3. The monoisotopic (exact) mass is 255 g/mol. The molecule has 0 spiro atoms. The number of hydrogen-bond acceptors (Lipinski definition) is 2. The average Bonchev–Trinajstić information content (AvgIpc) is 2.89. The van der Waals surface area contributed by atoms with Gasteiger partial charge in [0.05, 0.1) is 6.10 Å². The first-order valence-electron chi connectivity index (χ1n) is 8.21. The van der Waals surface area contributed by atoms with Crippen LogP contribution >= 0.6 is 0 Å². The van der Waals surface area contributed by atoms with Gasteiger partial charge in [0, 0.05) is 12.6 Å². The van der Waals surface area contributed by atoms with E-state index in [1.165, 1.54) is 70.8 Å². The van der Waals surface area contributed by atoms with Crippen LogP contribution in [0.5, 0.6) is 0 Å². The third-order valence-corrected chi connectivity index (χ3v) is 3.98. The summed E-state index contributed by atoms with van der Waals surface area (Å²) >= 11 is 0. The van der Waals surface area contributed by atoms with Gasteiger partial charge in [-0.05, 0) is 45.1 Å². The molecule has 18 heavy (non-hydrogen) atoms.